The Morgan fingerprint density at radius 2 is 0.515 bits per heavy atom. The van der Waals surface area contributed by atoms with Gasteiger partial charge in [0.05, 0.1) is 25.7 Å². The molecule has 0 spiro atoms. The van der Waals surface area contributed by atoms with Crippen molar-refractivity contribution in [2.45, 2.75) is 265 Å². The van der Waals surface area contributed by atoms with Crippen LogP contribution in [0.5, 0.6) is 0 Å². The topological polar surface area (TPSA) is 248 Å². The van der Waals surface area contributed by atoms with Gasteiger partial charge in [-0.3, -0.25) is 43.2 Å². The average Bonchev–Trinajstić information content (AvgIpc) is 3.19. The Morgan fingerprint density at radius 1 is 0.309 bits per heavy atom. The molecule has 0 saturated carbocycles. The Kier molecular flexibility index (Phi) is 35.4. The summed E-state index contributed by atoms with van der Waals surface area (Å²) in [5.41, 5.74) is 0. The summed E-state index contributed by atoms with van der Waals surface area (Å²) in [5, 5.41) is 9.39. The van der Waals surface area contributed by atoms with E-state index in [1.54, 1.807) is 0 Å². The number of hydrogen-bond donors (Lipinski definition) is 1. The molecule has 18 heteroatoms. The number of esters is 8. The summed E-state index contributed by atoms with van der Waals surface area (Å²) in [5.74, 6) is -6.54. The van der Waals surface area contributed by atoms with Crippen molar-refractivity contribution in [2.75, 3.05) is 0 Å². The zero-order valence-electron chi connectivity index (χ0n) is 42.5. The number of hydrogen-bond acceptors (Lipinski definition) is 17. The number of unbranched alkanes of at least 4 members (excludes halogenated alkanes) is 8. The third-order valence-electron chi connectivity index (χ3n) is 10.8. The predicted molar refractivity (Wildman–Crippen MR) is 249 cm³/mol. The largest absolute Gasteiger partial charge is 0.481 e. The number of carbonyl (C=O) groups is 9. The van der Waals surface area contributed by atoms with E-state index in [2.05, 4.69) is 0 Å². The Hall–Kier alpha value is -4.77. The molecule has 0 saturated heterocycles. The van der Waals surface area contributed by atoms with E-state index in [0.717, 1.165) is 64.7 Å². The van der Waals surface area contributed by atoms with Crippen molar-refractivity contribution < 1.29 is 86.2 Å². The first kappa shape index (κ1) is 63.2. The van der Waals surface area contributed by atoms with Crippen LogP contribution in [0.3, 0.4) is 0 Å². The maximum Gasteiger partial charge on any atom is 0.309 e. The number of carboxylic acids is 1. The normalized spacial score (nSPS) is 14.6. The summed E-state index contributed by atoms with van der Waals surface area (Å²) in [7, 11) is 0. The van der Waals surface area contributed by atoms with Gasteiger partial charge in [-0.25, -0.2) is 0 Å². The second-order valence-corrected chi connectivity index (χ2v) is 17.6. The van der Waals surface area contributed by atoms with E-state index in [0.29, 0.717) is 44.9 Å². The lowest BCUT2D eigenvalue weighted by Gasteiger charge is -2.27. The Labute approximate surface area is 404 Å². The van der Waals surface area contributed by atoms with Gasteiger partial charge < -0.3 is 43.0 Å². The Balaban J connectivity index is 6.32. The van der Waals surface area contributed by atoms with Gasteiger partial charge in [-0.05, 0) is 51.4 Å². The van der Waals surface area contributed by atoms with Crippen LogP contribution in [-0.2, 0) is 81.0 Å². The van der Waals surface area contributed by atoms with Crippen molar-refractivity contribution >= 4 is 53.7 Å². The smallest absolute Gasteiger partial charge is 0.309 e. The third kappa shape index (κ3) is 35.4. The molecule has 0 aliphatic heterocycles. The molecule has 0 fully saturated rings. The maximum atomic E-state index is 13.7. The molecule has 392 valence electrons. The van der Waals surface area contributed by atoms with Gasteiger partial charge >= 0.3 is 53.7 Å². The molecule has 0 aromatic carbocycles. The van der Waals surface area contributed by atoms with Crippen LogP contribution in [0.1, 0.15) is 216 Å². The highest BCUT2D eigenvalue weighted by molar-refractivity contribution is 5.74. The van der Waals surface area contributed by atoms with Crippen LogP contribution in [0.2, 0.25) is 0 Å². The summed E-state index contributed by atoms with van der Waals surface area (Å²) in [6, 6.07) is 0. The molecule has 0 aromatic heterocycles. The second-order valence-electron chi connectivity index (χ2n) is 17.6. The molecule has 0 amide bonds. The molecule has 0 radical (unpaired) electrons. The van der Waals surface area contributed by atoms with Gasteiger partial charge in [-0.1, -0.05) is 79.1 Å². The second kappa shape index (κ2) is 38.1. The summed E-state index contributed by atoms with van der Waals surface area (Å²) in [6.07, 6.45) is 2.25. The number of aliphatic carboxylic acids is 1. The fourth-order valence-corrected chi connectivity index (χ4v) is 7.88. The van der Waals surface area contributed by atoms with Crippen molar-refractivity contribution in [3.63, 3.8) is 0 Å². The minimum atomic E-state index is -1.19. The molecule has 0 unspecified atom stereocenters. The molecule has 0 heterocycles. The van der Waals surface area contributed by atoms with Crippen molar-refractivity contribution in [2.24, 2.45) is 0 Å². The van der Waals surface area contributed by atoms with Crippen molar-refractivity contribution in [3.05, 3.63) is 0 Å². The molecule has 0 bridgehead atoms. The van der Waals surface area contributed by atoms with Gasteiger partial charge in [-0.15, -0.1) is 0 Å². The van der Waals surface area contributed by atoms with Gasteiger partial charge in [-0.2, -0.15) is 0 Å². The first-order valence-corrected chi connectivity index (χ1v) is 24.9. The van der Waals surface area contributed by atoms with E-state index in [1.165, 1.54) is 27.7 Å². The van der Waals surface area contributed by atoms with Gasteiger partial charge in [0.15, 0.2) is 0 Å². The first-order chi connectivity index (χ1) is 32.2. The Bertz CT molecular complexity index is 1500. The van der Waals surface area contributed by atoms with E-state index in [4.69, 9.17) is 37.9 Å². The van der Waals surface area contributed by atoms with Gasteiger partial charge in [0.1, 0.15) is 48.8 Å². The highest BCUT2D eigenvalue weighted by Crippen LogP contribution is 2.25. The third-order valence-corrected chi connectivity index (χ3v) is 10.8. The fraction of sp³-hybridized carbons (Fsp3) is 0.820. The lowest BCUT2D eigenvalue weighted by molar-refractivity contribution is -0.164. The number of ether oxygens (including phenoxy) is 8. The monoisotopic (exact) mass is 973 g/mol. The molecule has 18 nitrogen and oxygen atoms in total. The summed E-state index contributed by atoms with van der Waals surface area (Å²) >= 11 is 0. The molecule has 68 heavy (non-hydrogen) atoms. The number of carboxylic acid groups (broad SMARTS) is 1. The SMILES string of the molecule is CCCCC[C@H](C[C@H](CC(=O)O[C@H](CCCCC)C[C@H](CC(=O)O[C@H](CCCCC)C[C@H](CC(=O)O[C@H](CCCCC)C[C@H](CC(=O)O)OC(C)=O)OC(C)=O)OC(C)=O)OC(C)=O)OC(C)=O. The van der Waals surface area contributed by atoms with Gasteiger partial charge in [0, 0.05) is 60.3 Å². The summed E-state index contributed by atoms with van der Waals surface area (Å²) in [6.45, 7) is 14.1. The van der Waals surface area contributed by atoms with Crippen LogP contribution in [0.15, 0.2) is 0 Å². The molecular formula is C50H84O18. The lowest BCUT2D eigenvalue weighted by atomic mass is 10.0. The fourth-order valence-electron chi connectivity index (χ4n) is 7.88. The molecule has 0 aliphatic carbocycles. The maximum absolute atomic E-state index is 13.7. The van der Waals surface area contributed by atoms with E-state index in [1.807, 2.05) is 27.7 Å². The highest BCUT2D eigenvalue weighted by Gasteiger charge is 2.32. The molecule has 1 N–H and O–H groups in total. The van der Waals surface area contributed by atoms with Crippen molar-refractivity contribution in [3.8, 4) is 0 Å². The van der Waals surface area contributed by atoms with Crippen LogP contribution in [0, 0.1) is 0 Å². The zero-order chi connectivity index (χ0) is 51.4. The van der Waals surface area contributed by atoms with Crippen LogP contribution in [-0.4, -0.2) is 108 Å². The van der Waals surface area contributed by atoms with Crippen LogP contribution in [0.4, 0.5) is 0 Å². The minimum Gasteiger partial charge on any atom is -0.481 e. The molecular weight excluding hydrogens is 889 g/mol. The van der Waals surface area contributed by atoms with E-state index < -0.39 is 122 Å². The number of carbonyl (C=O) groups excluding carboxylic acids is 8. The summed E-state index contributed by atoms with van der Waals surface area (Å²) in [4.78, 5) is 113. The molecule has 0 rings (SSSR count). The quantitative estimate of drug-likeness (QED) is 0.0342. The van der Waals surface area contributed by atoms with Gasteiger partial charge in [0.25, 0.3) is 0 Å². The van der Waals surface area contributed by atoms with Gasteiger partial charge in [0.2, 0.25) is 0 Å². The standard InChI is InChI=1S/C50H84O18/c1-10-14-18-22-39(61-34(5)51)26-44(63-36(7)53)31-48(58)67-41(24-20-16-12-3)28-46(65-38(9)55)33-50(60)68-42(25-21-17-13-4)29-45(64-37(8)54)32-49(59)66-40(23-19-15-11-2)27-43(30-47(56)57)62-35(6)52/h39-46H,10-33H2,1-9H3,(H,56,57)/t39-,40-,41-,42-,43-,44-,45-,46-/m1/s1. The van der Waals surface area contributed by atoms with Crippen LogP contribution < -0.4 is 0 Å². The molecule has 0 aromatic rings. The van der Waals surface area contributed by atoms with Crippen molar-refractivity contribution in [1.82, 2.24) is 0 Å². The summed E-state index contributed by atoms with van der Waals surface area (Å²) < 4.78 is 45.0. The minimum absolute atomic E-state index is 0.0505. The van der Waals surface area contributed by atoms with Crippen LogP contribution >= 0.6 is 0 Å². The van der Waals surface area contributed by atoms with E-state index in [-0.39, 0.29) is 32.1 Å². The zero-order valence-corrected chi connectivity index (χ0v) is 42.5. The van der Waals surface area contributed by atoms with E-state index in [9.17, 15) is 48.3 Å². The lowest BCUT2D eigenvalue weighted by Crippen LogP contribution is -2.34. The molecule has 8 atom stereocenters. The van der Waals surface area contributed by atoms with E-state index >= 15 is 0 Å². The first-order valence-electron chi connectivity index (χ1n) is 24.9. The highest BCUT2D eigenvalue weighted by atomic mass is 16.6. The van der Waals surface area contributed by atoms with Crippen molar-refractivity contribution in [1.29, 1.82) is 0 Å². The molecule has 0 aliphatic rings. The number of rotatable bonds is 40. The van der Waals surface area contributed by atoms with Crippen LogP contribution in [0.25, 0.3) is 0 Å². The predicted octanol–water partition coefficient (Wildman–Crippen LogP) is 8.91. The average molecular weight is 973 g/mol. The Morgan fingerprint density at radius 3 is 0.721 bits per heavy atom.